The van der Waals surface area contributed by atoms with Crippen LogP contribution < -0.4 is 16.0 Å². The predicted molar refractivity (Wildman–Crippen MR) is 333 cm³/mol. The van der Waals surface area contributed by atoms with E-state index in [0.717, 1.165) is 78.5 Å². The van der Waals surface area contributed by atoms with Gasteiger partial charge in [0.2, 0.25) is 5.95 Å². The van der Waals surface area contributed by atoms with Crippen LogP contribution in [0.4, 0.5) is 44.1 Å². The third kappa shape index (κ3) is 15.2. The zero-order valence-corrected chi connectivity index (χ0v) is 52.4. The van der Waals surface area contributed by atoms with Gasteiger partial charge in [-0.1, -0.05) is 18.2 Å². The molecule has 3 saturated heterocycles. The minimum atomic E-state index is -4.55. The summed E-state index contributed by atoms with van der Waals surface area (Å²) in [5, 5.41) is 34.5. The first-order valence-corrected chi connectivity index (χ1v) is 30.6. The molecule has 26 nitrogen and oxygen atoms in total. The largest absolute Gasteiger partial charge is 0.434 e. The van der Waals surface area contributed by atoms with Crippen molar-refractivity contribution in [2.75, 3.05) is 35.6 Å². The summed E-state index contributed by atoms with van der Waals surface area (Å²) in [5.74, 6) is -0.247. The van der Waals surface area contributed by atoms with Crippen molar-refractivity contribution in [2.24, 2.45) is 0 Å². The van der Waals surface area contributed by atoms with Crippen LogP contribution in [0.1, 0.15) is 119 Å². The third-order valence-corrected chi connectivity index (χ3v) is 16.6. The Morgan fingerprint density at radius 1 is 0.495 bits per heavy atom. The molecule has 494 valence electrons. The number of nitrogens with one attached hydrogen (secondary N) is 3. The lowest BCUT2D eigenvalue weighted by atomic mass is 9.96. The van der Waals surface area contributed by atoms with Gasteiger partial charge in [0.25, 0.3) is 23.7 Å². The van der Waals surface area contributed by atoms with Gasteiger partial charge in [0.15, 0.2) is 22.7 Å². The lowest BCUT2D eigenvalue weighted by Gasteiger charge is -2.40. The molecular weight excluding hydrogens is 1240 g/mol. The van der Waals surface area contributed by atoms with Crippen LogP contribution in [0.25, 0.3) is 28.2 Å². The summed E-state index contributed by atoms with van der Waals surface area (Å²) in [5.41, 5.74) is 5.06. The topological polar surface area (TPSA) is 293 Å². The summed E-state index contributed by atoms with van der Waals surface area (Å²) >= 11 is 0. The van der Waals surface area contributed by atoms with Crippen LogP contribution in [-0.2, 0) is 12.4 Å². The molecule has 11 heterocycles. The number of nitrogens with zero attached hydrogens (tertiary/aromatic N) is 19. The maximum absolute atomic E-state index is 13.5. The lowest BCUT2D eigenvalue weighted by molar-refractivity contribution is -0.141. The molecule has 13 rings (SSSR count). The van der Waals surface area contributed by atoms with E-state index >= 15 is 0 Å². The van der Waals surface area contributed by atoms with Crippen molar-refractivity contribution in [3.8, 4) is 17.1 Å². The SMILES string of the molecule is Cc1ccc(C(=O)N2CCC[C@@H](Nc3ncc(C(F)(F)F)cn3)[C@@H]2C)c(-n2nccn2)c1.Cc1cnc(C(=O)N2CCC[C@@H](Nc3cnc(C(F)(F)F)cn3)[C@@H]2C)c(-n2nccn2)c1.Cc1cnc(C(=O)N2CCC[C@@H](Nc3nc4ccccc4o3)[C@@H]2C)c(-n2nccn2)c1. The molecule has 3 aliphatic rings. The van der Waals surface area contributed by atoms with Crippen molar-refractivity contribution in [2.45, 2.75) is 129 Å². The summed E-state index contributed by atoms with van der Waals surface area (Å²) in [4.78, 5) is 78.0. The average Bonchev–Trinajstić information content (AvgIpc) is 1.78. The summed E-state index contributed by atoms with van der Waals surface area (Å²) < 4.78 is 82.2. The van der Waals surface area contributed by atoms with Gasteiger partial charge in [0.1, 0.15) is 22.7 Å². The van der Waals surface area contributed by atoms with Gasteiger partial charge in [0, 0.05) is 74.6 Å². The number of hydrogen-bond donors (Lipinski definition) is 3. The summed E-state index contributed by atoms with van der Waals surface area (Å²) in [6.07, 6.45) is 11.5. The number of carbonyl (C=O) groups is 3. The number of likely N-dealkylation sites (tertiary alicyclic amines) is 3. The van der Waals surface area contributed by atoms with Crippen LogP contribution in [0.15, 0.2) is 133 Å². The lowest BCUT2D eigenvalue weighted by Crippen LogP contribution is -2.52. The molecule has 95 heavy (non-hydrogen) atoms. The number of anilines is 3. The molecule has 0 spiro atoms. The van der Waals surface area contributed by atoms with E-state index in [4.69, 9.17) is 4.42 Å². The maximum Gasteiger partial charge on any atom is 0.434 e. The number of pyridine rings is 2. The van der Waals surface area contributed by atoms with Crippen molar-refractivity contribution in [1.29, 1.82) is 0 Å². The Morgan fingerprint density at radius 2 is 0.968 bits per heavy atom. The highest BCUT2D eigenvalue weighted by molar-refractivity contribution is 5.98. The summed E-state index contributed by atoms with van der Waals surface area (Å²) in [7, 11) is 0. The first-order chi connectivity index (χ1) is 45.6. The van der Waals surface area contributed by atoms with E-state index < -0.39 is 23.6 Å². The molecule has 3 amide bonds. The summed E-state index contributed by atoms with van der Waals surface area (Å²) in [6.45, 7) is 13.3. The Bertz CT molecular complexity index is 4040. The molecule has 0 bridgehead atoms. The molecule has 0 saturated carbocycles. The second kappa shape index (κ2) is 28.2. The van der Waals surface area contributed by atoms with Crippen LogP contribution in [0.2, 0.25) is 0 Å². The Labute approximate surface area is 539 Å². The van der Waals surface area contributed by atoms with E-state index in [0.29, 0.717) is 66.6 Å². The number of aromatic nitrogens is 16. The van der Waals surface area contributed by atoms with E-state index in [2.05, 4.69) is 81.4 Å². The fourth-order valence-electron chi connectivity index (χ4n) is 11.6. The molecule has 2 aromatic carbocycles. The molecule has 0 unspecified atom stereocenters. The van der Waals surface area contributed by atoms with Crippen molar-refractivity contribution in [3.63, 3.8) is 0 Å². The minimum absolute atomic E-state index is 0.0162. The molecule has 0 radical (unpaired) electrons. The normalized spacial score (nSPS) is 19.1. The Morgan fingerprint density at radius 3 is 1.45 bits per heavy atom. The first kappa shape index (κ1) is 65.7. The van der Waals surface area contributed by atoms with Crippen LogP contribution in [0.3, 0.4) is 0 Å². The number of rotatable bonds is 12. The number of carbonyl (C=O) groups excluding carboxylic acids is 3. The van der Waals surface area contributed by atoms with Gasteiger partial charge in [-0.3, -0.25) is 14.4 Å². The zero-order chi connectivity index (χ0) is 67.1. The average molecular weight is 1310 g/mol. The molecule has 3 N–H and O–H groups in total. The molecule has 8 aromatic heterocycles. The Balaban J connectivity index is 0.000000145. The van der Waals surface area contributed by atoms with Crippen molar-refractivity contribution >= 4 is 46.6 Å². The quantitative estimate of drug-likeness (QED) is 0.0959. The van der Waals surface area contributed by atoms with Crippen molar-refractivity contribution in [1.82, 2.24) is 94.6 Å². The van der Waals surface area contributed by atoms with E-state index in [-0.39, 0.29) is 71.4 Å². The van der Waals surface area contributed by atoms with Gasteiger partial charge in [0.05, 0.1) is 72.4 Å². The van der Waals surface area contributed by atoms with Crippen LogP contribution in [-0.4, -0.2) is 168 Å². The van der Waals surface area contributed by atoms with Gasteiger partial charge in [-0.2, -0.15) is 66.7 Å². The molecule has 10 aromatic rings. The second-order valence-corrected chi connectivity index (χ2v) is 23.2. The fraction of sp³-hybridized carbons (Fsp3) is 0.365. The zero-order valence-electron chi connectivity index (χ0n) is 52.4. The second-order valence-electron chi connectivity index (χ2n) is 23.2. The van der Waals surface area contributed by atoms with E-state index in [9.17, 15) is 40.7 Å². The minimum Gasteiger partial charge on any atom is -0.424 e. The highest BCUT2D eigenvalue weighted by Gasteiger charge is 2.39. The predicted octanol–water partition coefficient (Wildman–Crippen LogP) is 9.59. The highest BCUT2D eigenvalue weighted by atomic mass is 19.4. The number of benzene rings is 2. The van der Waals surface area contributed by atoms with Crippen LogP contribution >= 0.6 is 0 Å². The fourth-order valence-corrected chi connectivity index (χ4v) is 11.6. The van der Waals surface area contributed by atoms with E-state index in [1.807, 2.05) is 88.9 Å². The van der Waals surface area contributed by atoms with Gasteiger partial charge >= 0.3 is 12.4 Å². The molecule has 0 aliphatic carbocycles. The smallest absolute Gasteiger partial charge is 0.424 e. The van der Waals surface area contributed by atoms with Crippen LogP contribution in [0, 0.1) is 20.8 Å². The molecule has 3 aliphatic heterocycles. The van der Waals surface area contributed by atoms with E-state index in [1.165, 1.54) is 26.8 Å². The third-order valence-electron chi connectivity index (χ3n) is 16.6. The van der Waals surface area contributed by atoms with Gasteiger partial charge < -0.3 is 35.1 Å². The molecule has 6 atom stereocenters. The van der Waals surface area contributed by atoms with Gasteiger partial charge in [-0.05, 0) is 133 Å². The number of hydrogen-bond acceptors (Lipinski definition) is 20. The monoisotopic (exact) mass is 1310 g/mol. The number of aryl methyl sites for hydroxylation is 3. The Hall–Kier alpha value is -10.8. The van der Waals surface area contributed by atoms with Crippen molar-refractivity contribution in [3.05, 3.63) is 174 Å². The van der Waals surface area contributed by atoms with Gasteiger partial charge in [-0.25, -0.2) is 29.9 Å². The standard InChI is InChI=1S/C22H23N7O2.C21H22F3N7O.C20H21F3N8O/c1-14-12-18(29-24-9-10-25-29)20(23-13-14)21(30)28-11-5-7-16(15(28)2)26-22-27-17-6-3-4-8-19(17)31-22;1-13-5-6-16(18(10-13)31-27-7-8-28-31)19(32)30-9-3-4-17(14(30)2)29-20-25-11-15(12-26-20)21(22,23)24;1-12-8-15(31-27-5-6-28-31)18(26-9-12)19(32)30-7-3-4-14(13(30)2)29-17-11-24-16(10-25-17)20(21,22)23/h3-4,6,8-10,12-13,15-16H,5,7,11H2,1-2H3,(H,26,27);5-8,10-12,14,17H,3-4,9H2,1-2H3,(H,25,26,29);5-6,8-11,13-14H,3-4,7H2,1-2H3,(H,25,29)/t15-,16+;14-,17+;13-,14+/m000/s1. The first-order valence-electron chi connectivity index (χ1n) is 30.6. The van der Waals surface area contributed by atoms with Crippen LogP contribution in [0.5, 0.6) is 0 Å². The molecule has 32 heteroatoms. The number of alkyl halides is 6. The number of amides is 3. The number of piperidine rings is 3. The van der Waals surface area contributed by atoms with Gasteiger partial charge in [-0.15, -0.1) is 9.59 Å². The van der Waals surface area contributed by atoms with Crippen molar-refractivity contribution < 1.29 is 45.1 Å². The number of fused-ring (bicyclic) bond motifs is 1. The maximum atomic E-state index is 13.5. The molecule has 3 fully saturated rings. The van der Waals surface area contributed by atoms with E-state index in [1.54, 1.807) is 59.1 Å². The summed E-state index contributed by atoms with van der Waals surface area (Å²) in [6, 6.07) is 16.3. The molecular formula is C63H66F6N22O4. The number of para-hydroxylation sites is 2. The number of halogens is 6. The highest BCUT2D eigenvalue weighted by Crippen LogP contribution is 2.32. The Kier molecular flexibility index (Phi) is 19.5. The number of oxazole rings is 1.